The van der Waals surface area contributed by atoms with Crippen molar-refractivity contribution in [1.29, 1.82) is 0 Å². The van der Waals surface area contributed by atoms with Crippen LogP contribution in [0.2, 0.25) is 0 Å². The van der Waals surface area contributed by atoms with Crippen molar-refractivity contribution in [2.45, 2.75) is 12.2 Å². The number of carbonyl (C=O) groups is 1. The Morgan fingerprint density at radius 3 is 2.68 bits per heavy atom. The van der Waals surface area contributed by atoms with Gasteiger partial charge in [0.25, 0.3) is 0 Å². The minimum atomic E-state index is -0.912. The van der Waals surface area contributed by atoms with Crippen molar-refractivity contribution in [3.05, 3.63) is 29.8 Å². The van der Waals surface area contributed by atoms with Gasteiger partial charge in [-0.05, 0) is 23.8 Å². The van der Waals surface area contributed by atoms with Crippen LogP contribution >= 0.6 is 0 Å². The highest BCUT2D eigenvalue weighted by molar-refractivity contribution is 5.91. The van der Waals surface area contributed by atoms with Crippen LogP contribution in [0.1, 0.15) is 5.56 Å². The highest BCUT2D eigenvalue weighted by atomic mass is 16.5. The SMILES string of the molecule is COc1ccc(/C=C/C(=O)N(C)C[C@@H]2COC[C@@H](O)[C@H]2O)cc1OC. The first kappa shape index (κ1) is 19.2. The molecule has 0 unspecified atom stereocenters. The van der Waals surface area contributed by atoms with Crippen LogP contribution in [0.5, 0.6) is 11.5 Å². The first-order chi connectivity index (χ1) is 12.0. The van der Waals surface area contributed by atoms with Gasteiger partial charge in [-0.3, -0.25) is 4.79 Å². The number of hydrogen-bond donors (Lipinski definition) is 2. The smallest absolute Gasteiger partial charge is 0.246 e. The summed E-state index contributed by atoms with van der Waals surface area (Å²) in [6.07, 6.45) is 1.33. The minimum absolute atomic E-state index is 0.120. The quantitative estimate of drug-likeness (QED) is 0.728. The molecule has 1 fully saturated rings. The molecule has 0 aliphatic carbocycles. The van der Waals surface area contributed by atoms with Gasteiger partial charge in [0.2, 0.25) is 5.91 Å². The maximum atomic E-state index is 12.3. The van der Waals surface area contributed by atoms with E-state index in [1.54, 1.807) is 39.5 Å². The fourth-order valence-corrected chi connectivity index (χ4v) is 2.71. The second-order valence-electron chi connectivity index (χ2n) is 6.02. The molecule has 1 amide bonds. The van der Waals surface area contributed by atoms with Crippen LogP contribution in [0.25, 0.3) is 6.08 Å². The lowest BCUT2D eigenvalue weighted by atomic mass is 9.96. The number of nitrogens with zero attached hydrogens (tertiary/aromatic N) is 1. The molecule has 0 spiro atoms. The van der Waals surface area contributed by atoms with E-state index in [2.05, 4.69) is 0 Å². The number of benzene rings is 1. The minimum Gasteiger partial charge on any atom is -0.493 e. The number of ether oxygens (including phenoxy) is 3. The van der Waals surface area contributed by atoms with Crippen LogP contribution in [0, 0.1) is 5.92 Å². The summed E-state index contributed by atoms with van der Waals surface area (Å²) in [6.45, 7) is 0.733. The van der Waals surface area contributed by atoms with Crippen LogP contribution < -0.4 is 9.47 Å². The molecule has 1 aromatic carbocycles. The van der Waals surface area contributed by atoms with E-state index in [1.807, 2.05) is 6.07 Å². The average Bonchev–Trinajstić information content (AvgIpc) is 2.63. The van der Waals surface area contributed by atoms with Gasteiger partial charge < -0.3 is 29.3 Å². The van der Waals surface area contributed by atoms with Crippen LogP contribution in [-0.2, 0) is 9.53 Å². The number of likely N-dealkylation sites (N-methyl/N-ethyl adjacent to an activating group) is 1. The highest BCUT2D eigenvalue weighted by Gasteiger charge is 2.32. The Morgan fingerprint density at radius 2 is 2.00 bits per heavy atom. The summed E-state index contributed by atoms with van der Waals surface area (Å²) in [5.41, 5.74) is 0.802. The summed E-state index contributed by atoms with van der Waals surface area (Å²) < 4.78 is 15.6. The lowest BCUT2D eigenvalue weighted by Gasteiger charge is -2.34. The predicted octanol–water partition coefficient (Wildman–Crippen LogP) is 0.544. The third-order valence-electron chi connectivity index (χ3n) is 4.21. The molecule has 0 aromatic heterocycles. The number of aliphatic hydroxyl groups is 2. The van der Waals surface area contributed by atoms with Crippen molar-refractivity contribution in [2.24, 2.45) is 5.92 Å². The van der Waals surface area contributed by atoms with Gasteiger partial charge in [0, 0.05) is 25.6 Å². The molecule has 7 nitrogen and oxygen atoms in total. The Balaban J connectivity index is 1.97. The van der Waals surface area contributed by atoms with Crippen molar-refractivity contribution < 1.29 is 29.2 Å². The fraction of sp³-hybridized carbons (Fsp3) is 0.500. The van der Waals surface area contributed by atoms with Gasteiger partial charge in [0.15, 0.2) is 11.5 Å². The molecule has 0 radical (unpaired) electrons. The molecule has 1 aliphatic heterocycles. The van der Waals surface area contributed by atoms with Crippen molar-refractivity contribution in [3.63, 3.8) is 0 Å². The van der Waals surface area contributed by atoms with Gasteiger partial charge in [-0.15, -0.1) is 0 Å². The highest BCUT2D eigenvalue weighted by Crippen LogP contribution is 2.28. The lowest BCUT2D eigenvalue weighted by molar-refractivity contribution is -0.136. The van der Waals surface area contributed by atoms with Gasteiger partial charge in [-0.2, -0.15) is 0 Å². The van der Waals surface area contributed by atoms with Crippen molar-refractivity contribution >= 4 is 12.0 Å². The third-order valence-corrected chi connectivity index (χ3v) is 4.21. The predicted molar refractivity (Wildman–Crippen MR) is 92.5 cm³/mol. The summed E-state index contributed by atoms with van der Waals surface area (Å²) >= 11 is 0. The van der Waals surface area contributed by atoms with Crippen LogP contribution in [-0.4, -0.2) is 74.3 Å². The van der Waals surface area contributed by atoms with E-state index in [0.29, 0.717) is 24.7 Å². The second kappa shape index (κ2) is 8.84. The molecule has 2 rings (SSSR count). The summed E-state index contributed by atoms with van der Waals surface area (Å²) in [6, 6.07) is 5.36. The average molecular weight is 351 g/mol. The molecule has 138 valence electrons. The van der Waals surface area contributed by atoms with Crippen molar-refractivity contribution in [3.8, 4) is 11.5 Å². The number of methoxy groups -OCH3 is 2. The van der Waals surface area contributed by atoms with Crippen LogP contribution in [0.3, 0.4) is 0 Å². The van der Waals surface area contributed by atoms with E-state index in [4.69, 9.17) is 14.2 Å². The van der Waals surface area contributed by atoms with E-state index < -0.39 is 12.2 Å². The topological polar surface area (TPSA) is 88.5 Å². The number of aliphatic hydroxyl groups excluding tert-OH is 2. The van der Waals surface area contributed by atoms with Crippen molar-refractivity contribution in [1.82, 2.24) is 4.90 Å². The van der Waals surface area contributed by atoms with E-state index in [9.17, 15) is 15.0 Å². The summed E-state index contributed by atoms with van der Waals surface area (Å²) in [5, 5.41) is 19.6. The maximum Gasteiger partial charge on any atom is 0.246 e. The van der Waals surface area contributed by atoms with Gasteiger partial charge in [0.1, 0.15) is 6.10 Å². The van der Waals surface area contributed by atoms with E-state index in [0.717, 1.165) is 5.56 Å². The van der Waals surface area contributed by atoms with Crippen LogP contribution in [0.4, 0.5) is 0 Å². The monoisotopic (exact) mass is 351 g/mol. The number of rotatable bonds is 6. The Bertz CT molecular complexity index is 618. The van der Waals surface area contributed by atoms with E-state index in [1.165, 1.54) is 11.0 Å². The molecule has 2 N–H and O–H groups in total. The first-order valence-corrected chi connectivity index (χ1v) is 8.05. The van der Waals surface area contributed by atoms with Gasteiger partial charge >= 0.3 is 0 Å². The van der Waals surface area contributed by atoms with E-state index in [-0.39, 0.29) is 18.4 Å². The first-order valence-electron chi connectivity index (χ1n) is 8.05. The standard InChI is InChI=1S/C18H25NO6/c1-19(9-13-10-25-11-14(20)18(13)22)17(21)7-5-12-4-6-15(23-2)16(8-12)24-3/h4-8,13-14,18,20,22H,9-11H2,1-3H3/b7-5+/t13-,14-,18+/m1/s1. The zero-order chi connectivity index (χ0) is 18.4. The second-order valence-corrected chi connectivity index (χ2v) is 6.02. The van der Waals surface area contributed by atoms with Gasteiger partial charge in [-0.25, -0.2) is 0 Å². The number of hydrogen-bond acceptors (Lipinski definition) is 6. The molecule has 1 saturated heterocycles. The Labute approximate surface area is 147 Å². The maximum absolute atomic E-state index is 12.3. The number of carbonyl (C=O) groups excluding carboxylic acids is 1. The summed E-state index contributed by atoms with van der Waals surface area (Å²) in [5.74, 6) is 0.684. The van der Waals surface area contributed by atoms with Gasteiger partial charge in [-0.1, -0.05) is 6.07 Å². The fourth-order valence-electron chi connectivity index (χ4n) is 2.71. The normalized spacial score (nSPS) is 23.5. The molecule has 25 heavy (non-hydrogen) atoms. The summed E-state index contributed by atoms with van der Waals surface area (Å²) in [4.78, 5) is 13.7. The zero-order valence-corrected chi connectivity index (χ0v) is 14.7. The molecular formula is C18H25NO6. The number of amides is 1. The van der Waals surface area contributed by atoms with Gasteiger partial charge in [0.05, 0.1) is 33.5 Å². The zero-order valence-electron chi connectivity index (χ0n) is 14.7. The molecule has 1 aliphatic rings. The third kappa shape index (κ3) is 4.94. The largest absolute Gasteiger partial charge is 0.493 e. The molecule has 0 saturated carbocycles. The Morgan fingerprint density at radius 1 is 1.28 bits per heavy atom. The Kier molecular flexibility index (Phi) is 6.81. The van der Waals surface area contributed by atoms with Crippen molar-refractivity contribution in [2.75, 3.05) is 41.0 Å². The van der Waals surface area contributed by atoms with E-state index >= 15 is 0 Å². The Hall–Kier alpha value is -2.09. The molecule has 3 atom stereocenters. The molecule has 1 heterocycles. The molecule has 1 aromatic rings. The molecule has 7 heteroatoms. The molecule has 0 bridgehead atoms. The molecular weight excluding hydrogens is 326 g/mol. The summed E-state index contributed by atoms with van der Waals surface area (Å²) in [7, 11) is 4.76. The lowest BCUT2D eigenvalue weighted by Crippen LogP contribution is -2.48. The van der Waals surface area contributed by atoms with Crippen LogP contribution in [0.15, 0.2) is 24.3 Å².